The summed E-state index contributed by atoms with van der Waals surface area (Å²) in [5, 5.41) is 4.58. The predicted octanol–water partition coefficient (Wildman–Crippen LogP) is 0.0224. The molecule has 0 aromatic heterocycles. The van der Waals surface area contributed by atoms with Crippen LogP contribution in [-0.4, -0.2) is 67.4 Å². The van der Waals surface area contributed by atoms with Crippen LogP contribution >= 0.6 is 0 Å². The zero-order valence-electron chi connectivity index (χ0n) is 13.1. The molecular formula is C14H26N4O3. The van der Waals surface area contributed by atoms with Gasteiger partial charge in [0.2, 0.25) is 11.8 Å². The number of carbonyl (C=O) groups is 3. The minimum atomic E-state index is -0.494. The van der Waals surface area contributed by atoms with Crippen LogP contribution in [0.5, 0.6) is 0 Å². The molecule has 21 heavy (non-hydrogen) atoms. The van der Waals surface area contributed by atoms with Crippen molar-refractivity contribution in [1.29, 1.82) is 0 Å². The number of nitrogens with zero attached hydrogens (tertiary/aromatic N) is 2. The molecule has 1 rings (SSSR count). The van der Waals surface area contributed by atoms with Crippen LogP contribution in [0.15, 0.2) is 0 Å². The summed E-state index contributed by atoms with van der Waals surface area (Å²) in [5.74, 6) is -0.0412. The van der Waals surface area contributed by atoms with Gasteiger partial charge in [0.05, 0.1) is 6.54 Å². The quantitative estimate of drug-likeness (QED) is 0.750. The van der Waals surface area contributed by atoms with E-state index in [4.69, 9.17) is 0 Å². The van der Waals surface area contributed by atoms with E-state index in [2.05, 4.69) is 10.6 Å². The van der Waals surface area contributed by atoms with Crippen molar-refractivity contribution in [2.75, 3.05) is 39.8 Å². The molecule has 0 saturated carbocycles. The molecule has 0 aliphatic carbocycles. The molecule has 0 atom stereocenters. The Labute approximate surface area is 126 Å². The van der Waals surface area contributed by atoms with E-state index in [1.54, 1.807) is 0 Å². The highest BCUT2D eigenvalue weighted by Gasteiger charge is 2.28. The molecular weight excluding hydrogens is 272 g/mol. The predicted molar refractivity (Wildman–Crippen MR) is 79.7 cm³/mol. The van der Waals surface area contributed by atoms with E-state index in [1.165, 1.54) is 7.05 Å². The van der Waals surface area contributed by atoms with Crippen LogP contribution in [0.1, 0.15) is 26.7 Å². The molecule has 0 unspecified atom stereocenters. The molecule has 0 spiro atoms. The standard InChI is InChI=1S/C14H26N4O3/c1-4-18(5-2)13(20)11-6-8-17(9-7-11)10-12(19)16-14(21)15-3/h11H,4-10H2,1-3H3,(H2,15,16,19,21). The first kappa shape index (κ1) is 17.4. The van der Waals surface area contributed by atoms with Gasteiger partial charge >= 0.3 is 6.03 Å². The van der Waals surface area contributed by atoms with Crippen molar-refractivity contribution in [3.8, 4) is 0 Å². The summed E-state index contributed by atoms with van der Waals surface area (Å²) in [5.41, 5.74) is 0. The van der Waals surface area contributed by atoms with Crippen molar-refractivity contribution in [3.05, 3.63) is 0 Å². The Morgan fingerprint density at radius 2 is 1.71 bits per heavy atom. The molecule has 0 aromatic carbocycles. The van der Waals surface area contributed by atoms with Crippen molar-refractivity contribution in [1.82, 2.24) is 20.4 Å². The number of piperidine rings is 1. The Hall–Kier alpha value is -1.63. The lowest BCUT2D eigenvalue weighted by molar-refractivity contribution is -0.136. The third-order valence-electron chi connectivity index (χ3n) is 3.86. The maximum absolute atomic E-state index is 12.2. The number of nitrogens with one attached hydrogen (secondary N) is 2. The van der Waals surface area contributed by atoms with Crippen molar-refractivity contribution >= 4 is 17.8 Å². The van der Waals surface area contributed by atoms with Crippen LogP contribution in [0.25, 0.3) is 0 Å². The van der Waals surface area contributed by atoms with Crippen LogP contribution < -0.4 is 10.6 Å². The number of carbonyl (C=O) groups excluding carboxylic acids is 3. The van der Waals surface area contributed by atoms with E-state index in [9.17, 15) is 14.4 Å². The van der Waals surface area contributed by atoms with Gasteiger partial charge in [0.15, 0.2) is 0 Å². The Kier molecular flexibility index (Phi) is 7.14. The number of urea groups is 1. The third kappa shape index (κ3) is 5.34. The molecule has 2 N–H and O–H groups in total. The lowest BCUT2D eigenvalue weighted by Gasteiger charge is -2.33. The molecule has 1 aliphatic rings. The molecule has 7 heteroatoms. The molecule has 0 aromatic rings. The van der Waals surface area contributed by atoms with E-state index < -0.39 is 6.03 Å². The van der Waals surface area contributed by atoms with Crippen LogP contribution in [0.4, 0.5) is 4.79 Å². The van der Waals surface area contributed by atoms with E-state index >= 15 is 0 Å². The first-order valence-corrected chi connectivity index (χ1v) is 7.54. The summed E-state index contributed by atoms with van der Waals surface area (Å²) in [4.78, 5) is 38.7. The van der Waals surface area contributed by atoms with Crippen molar-refractivity contribution < 1.29 is 14.4 Å². The van der Waals surface area contributed by atoms with Gasteiger partial charge in [0.1, 0.15) is 0 Å². The highest BCUT2D eigenvalue weighted by molar-refractivity contribution is 5.95. The summed E-state index contributed by atoms with van der Waals surface area (Å²) in [7, 11) is 1.47. The fourth-order valence-corrected chi connectivity index (χ4v) is 2.56. The summed E-state index contributed by atoms with van der Waals surface area (Å²) < 4.78 is 0. The minimum absolute atomic E-state index is 0.0585. The number of hydrogen-bond acceptors (Lipinski definition) is 4. The van der Waals surface area contributed by atoms with E-state index in [0.29, 0.717) is 13.1 Å². The first-order chi connectivity index (χ1) is 10.0. The maximum Gasteiger partial charge on any atom is 0.321 e. The number of imide groups is 1. The lowest BCUT2D eigenvalue weighted by Crippen LogP contribution is -2.47. The van der Waals surface area contributed by atoms with Gasteiger partial charge in [-0.3, -0.25) is 19.8 Å². The van der Waals surface area contributed by atoms with Crippen LogP contribution in [0.2, 0.25) is 0 Å². The van der Waals surface area contributed by atoms with Gasteiger partial charge in [-0.1, -0.05) is 0 Å². The van der Waals surface area contributed by atoms with E-state index in [-0.39, 0.29) is 24.3 Å². The molecule has 1 heterocycles. The number of hydrogen-bond donors (Lipinski definition) is 2. The monoisotopic (exact) mass is 298 g/mol. The second kappa shape index (κ2) is 8.61. The lowest BCUT2D eigenvalue weighted by atomic mass is 9.95. The zero-order valence-corrected chi connectivity index (χ0v) is 13.1. The smallest absolute Gasteiger partial charge is 0.321 e. The van der Waals surface area contributed by atoms with E-state index in [1.807, 2.05) is 23.6 Å². The maximum atomic E-state index is 12.2. The highest BCUT2D eigenvalue weighted by Crippen LogP contribution is 2.19. The Morgan fingerprint density at radius 1 is 1.14 bits per heavy atom. The Morgan fingerprint density at radius 3 is 2.19 bits per heavy atom. The molecule has 1 aliphatic heterocycles. The molecule has 4 amide bonds. The Balaban J connectivity index is 2.37. The number of amides is 4. The van der Waals surface area contributed by atoms with Crippen molar-refractivity contribution in [3.63, 3.8) is 0 Å². The van der Waals surface area contributed by atoms with Crippen molar-refractivity contribution in [2.24, 2.45) is 5.92 Å². The van der Waals surface area contributed by atoms with Gasteiger partial charge in [-0.2, -0.15) is 0 Å². The van der Waals surface area contributed by atoms with Crippen molar-refractivity contribution in [2.45, 2.75) is 26.7 Å². The second-order valence-electron chi connectivity index (χ2n) is 5.19. The topological polar surface area (TPSA) is 81.8 Å². The molecule has 120 valence electrons. The van der Waals surface area contributed by atoms with Gasteiger partial charge in [-0.15, -0.1) is 0 Å². The van der Waals surface area contributed by atoms with Crippen LogP contribution in [0, 0.1) is 5.92 Å². The SMILES string of the molecule is CCN(CC)C(=O)C1CCN(CC(=O)NC(=O)NC)CC1. The number of rotatable bonds is 5. The summed E-state index contributed by atoms with van der Waals surface area (Å²) in [6.45, 7) is 7.06. The summed E-state index contributed by atoms with van der Waals surface area (Å²) in [6, 6.07) is -0.494. The fraction of sp³-hybridized carbons (Fsp3) is 0.786. The van der Waals surface area contributed by atoms with Gasteiger partial charge < -0.3 is 10.2 Å². The molecule has 0 radical (unpaired) electrons. The Bertz CT molecular complexity index is 374. The zero-order chi connectivity index (χ0) is 15.8. The minimum Gasteiger partial charge on any atom is -0.343 e. The van der Waals surface area contributed by atoms with Gasteiger partial charge in [0.25, 0.3) is 0 Å². The van der Waals surface area contributed by atoms with Gasteiger partial charge in [0, 0.05) is 26.1 Å². The normalized spacial score (nSPS) is 16.3. The first-order valence-electron chi connectivity index (χ1n) is 7.54. The molecule has 0 bridgehead atoms. The summed E-state index contributed by atoms with van der Waals surface area (Å²) >= 11 is 0. The fourth-order valence-electron chi connectivity index (χ4n) is 2.56. The van der Waals surface area contributed by atoms with E-state index in [0.717, 1.165) is 25.9 Å². The average molecular weight is 298 g/mol. The largest absolute Gasteiger partial charge is 0.343 e. The average Bonchev–Trinajstić information content (AvgIpc) is 2.48. The van der Waals surface area contributed by atoms with Gasteiger partial charge in [-0.25, -0.2) is 4.79 Å². The number of likely N-dealkylation sites (tertiary alicyclic amines) is 1. The molecule has 7 nitrogen and oxygen atoms in total. The second-order valence-corrected chi connectivity index (χ2v) is 5.19. The summed E-state index contributed by atoms with van der Waals surface area (Å²) in [6.07, 6.45) is 1.53. The molecule has 1 fully saturated rings. The van der Waals surface area contributed by atoms with Crippen LogP contribution in [-0.2, 0) is 9.59 Å². The molecule has 1 saturated heterocycles. The highest BCUT2D eigenvalue weighted by atomic mass is 16.2. The van der Waals surface area contributed by atoms with Crippen LogP contribution in [0.3, 0.4) is 0 Å². The third-order valence-corrected chi connectivity index (χ3v) is 3.86. The van der Waals surface area contributed by atoms with Gasteiger partial charge in [-0.05, 0) is 39.8 Å².